The Kier molecular flexibility index (Phi) is 5.85. The van der Waals surface area contributed by atoms with Crippen LogP contribution in [0.5, 0.6) is 0 Å². The molecule has 0 aliphatic carbocycles. The highest BCUT2D eigenvalue weighted by atomic mass is 32.2. The number of hydrogen-bond acceptors (Lipinski definition) is 1. The molecule has 1 heteroatoms. The van der Waals surface area contributed by atoms with Crippen molar-refractivity contribution in [3.8, 4) is 0 Å². The summed E-state index contributed by atoms with van der Waals surface area (Å²) in [5.74, 6) is 0. The molecule has 0 aliphatic rings. The minimum Gasteiger partial charge on any atom is -0.123 e. The molecule has 1 aromatic carbocycles. The molecule has 0 saturated carbocycles. The van der Waals surface area contributed by atoms with E-state index in [2.05, 4.69) is 45.0 Å². The number of rotatable bonds is 6. The van der Waals surface area contributed by atoms with E-state index in [-0.39, 0.29) is 0 Å². The molecule has 0 aromatic heterocycles. The van der Waals surface area contributed by atoms with Crippen molar-refractivity contribution in [2.24, 2.45) is 0 Å². The predicted molar refractivity (Wildman–Crippen MR) is 70.6 cm³/mol. The van der Waals surface area contributed by atoms with Crippen LogP contribution >= 0.6 is 11.8 Å². The lowest BCUT2D eigenvalue weighted by Crippen LogP contribution is -1.96. The largest absolute Gasteiger partial charge is 0.123 e. The van der Waals surface area contributed by atoms with E-state index in [0.717, 1.165) is 5.25 Å². The summed E-state index contributed by atoms with van der Waals surface area (Å²) in [6.45, 7) is 6.80. The van der Waals surface area contributed by atoms with Gasteiger partial charge in [-0.1, -0.05) is 51.3 Å². The zero-order valence-corrected chi connectivity index (χ0v) is 10.9. The highest BCUT2D eigenvalue weighted by Gasteiger charge is 2.05. The lowest BCUT2D eigenvalue weighted by molar-refractivity contribution is 0.664. The maximum Gasteiger partial charge on any atom is 0.0104 e. The molecule has 0 radical (unpaired) electrons. The van der Waals surface area contributed by atoms with Crippen molar-refractivity contribution in [3.63, 3.8) is 0 Å². The van der Waals surface area contributed by atoms with E-state index in [1.807, 2.05) is 11.8 Å². The second-order valence-electron chi connectivity index (χ2n) is 4.19. The molecular weight excluding hydrogens is 200 g/mol. The van der Waals surface area contributed by atoms with E-state index in [4.69, 9.17) is 0 Å². The van der Waals surface area contributed by atoms with E-state index in [1.165, 1.54) is 36.1 Å². The maximum atomic E-state index is 2.34. The zero-order chi connectivity index (χ0) is 11.1. The number of unbranched alkanes of at least 4 members (excludes halogenated alkanes) is 2. The minimum absolute atomic E-state index is 0.748. The second kappa shape index (κ2) is 6.95. The summed E-state index contributed by atoms with van der Waals surface area (Å²) in [6, 6.07) is 8.67. The molecule has 84 valence electrons. The molecule has 1 rings (SSSR count). The van der Waals surface area contributed by atoms with E-state index in [1.54, 1.807) is 0 Å². The molecular formula is C14H22S. The zero-order valence-electron chi connectivity index (χ0n) is 10.1. The van der Waals surface area contributed by atoms with Crippen LogP contribution in [0.4, 0.5) is 0 Å². The molecule has 1 unspecified atom stereocenters. The van der Waals surface area contributed by atoms with Crippen molar-refractivity contribution in [3.05, 3.63) is 29.8 Å². The summed E-state index contributed by atoms with van der Waals surface area (Å²) in [7, 11) is 0. The van der Waals surface area contributed by atoms with Crippen LogP contribution in [0, 0.1) is 6.92 Å². The number of aryl methyl sites for hydroxylation is 1. The minimum atomic E-state index is 0.748. The summed E-state index contributed by atoms with van der Waals surface area (Å²) < 4.78 is 0. The molecule has 0 fully saturated rings. The maximum absolute atomic E-state index is 2.34. The number of thioether (sulfide) groups is 1. The Labute approximate surface area is 98.5 Å². The lowest BCUT2D eigenvalue weighted by atomic mass is 10.2. The Morgan fingerprint density at radius 3 is 2.60 bits per heavy atom. The molecule has 0 saturated heterocycles. The Hall–Kier alpha value is -0.430. The van der Waals surface area contributed by atoms with Gasteiger partial charge in [-0.25, -0.2) is 0 Å². The van der Waals surface area contributed by atoms with E-state index in [0.29, 0.717) is 0 Å². The third-order valence-electron chi connectivity index (χ3n) is 2.64. The van der Waals surface area contributed by atoms with E-state index < -0.39 is 0 Å². The fraction of sp³-hybridized carbons (Fsp3) is 0.571. The van der Waals surface area contributed by atoms with Crippen molar-refractivity contribution >= 4 is 11.8 Å². The average molecular weight is 222 g/mol. The SMILES string of the molecule is CCCCCC(C)Sc1ccccc1C. The van der Waals surface area contributed by atoms with Crippen LogP contribution in [0.2, 0.25) is 0 Å². The fourth-order valence-electron chi connectivity index (χ4n) is 1.65. The first-order valence-corrected chi connectivity index (χ1v) is 6.84. The third-order valence-corrected chi connectivity index (χ3v) is 3.99. The molecule has 0 amide bonds. The summed E-state index contributed by atoms with van der Waals surface area (Å²) in [4.78, 5) is 1.45. The van der Waals surface area contributed by atoms with Crippen LogP contribution in [-0.2, 0) is 0 Å². The van der Waals surface area contributed by atoms with E-state index >= 15 is 0 Å². The highest BCUT2D eigenvalue weighted by Crippen LogP contribution is 2.28. The molecule has 1 aromatic rings. The third kappa shape index (κ3) is 4.74. The van der Waals surface area contributed by atoms with Crippen LogP contribution in [0.1, 0.15) is 45.1 Å². The Morgan fingerprint density at radius 1 is 1.20 bits per heavy atom. The monoisotopic (exact) mass is 222 g/mol. The van der Waals surface area contributed by atoms with Crippen LogP contribution in [-0.4, -0.2) is 5.25 Å². The van der Waals surface area contributed by atoms with Crippen LogP contribution in [0.3, 0.4) is 0 Å². The van der Waals surface area contributed by atoms with Gasteiger partial charge in [0.2, 0.25) is 0 Å². The van der Waals surface area contributed by atoms with Crippen molar-refractivity contribution in [2.45, 2.75) is 56.6 Å². The molecule has 0 nitrogen and oxygen atoms in total. The topological polar surface area (TPSA) is 0 Å². The number of hydrogen-bond donors (Lipinski definition) is 0. The van der Waals surface area contributed by atoms with Gasteiger partial charge in [-0.15, -0.1) is 11.8 Å². The quantitative estimate of drug-likeness (QED) is 0.479. The second-order valence-corrected chi connectivity index (χ2v) is 5.67. The summed E-state index contributed by atoms with van der Waals surface area (Å²) in [5.41, 5.74) is 1.41. The Balaban J connectivity index is 2.37. The molecule has 0 aliphatic heterocycles. The molecule has 0 N–H and O–H groups in total. The normalized spacial score (nSPS) is 12.7. The predicted octanol–water partition coefficient (Wildman–Crippen LogP) is 5.06. The molecule has 0 spiro atoms. The lowest BCUT2D eigenvalue weighted by Gasteiger charge is -2.12. The van der Waals surface area contributed by atoms with Crippen molar-refractivity contribution in [1.29, 1.82) is 0 Å². The Morgan fingerprint density at radius 2 is 1.93 bits per heavy atom. The molecule has 0 heterocycles. The Bertz CT molecular complexity index is 280. The van der Waals surface area contributed by atoms with Crippen LogP contribution < -0.4 is 0 Å². The van der Waals surface area contributed by atoms with Gasteiger partial charge in [0.25, 0.3) is 0 Å². The van der Waals surface area contributed by atoms with Gasteiger partial charge < -0.3 is 0 Å². The van der Waals surface area contributed by atoms with Gasteiger partial charge in [-0.2, -0.15) is 0 Å². The van der Waals surface area contributed by atoms with E-state index in [9.17, 15) is 0 Å². The van der Waals surface area contributed by atoms with Crippen molar-refractivity contribution in [2.75, 3.05) is 0 Å². The first kappa shape index (κ1) is 12.6. The van der Waals surface area contributed by atoms with Crippen molar-refractivity contribution < 1.29 is 0 Å². The highest BCUT2D eigenvalue weighted by molar-refractivity contribution is 8.00. The first-order valence-electron chi connectivity index (χ1n) is 5.96. The van der Waals surface area contributed by atoms with Crippen molar-refractivity contribution in [1.82, 2.24) is 0 Å². The van der Waals surface area contributed by atoms with Gasteiger partial charge >= 0.3 is 0 Å². The molecule has 15 heavy (non-hydrogen) atoms. The van der Waals surface area contributed by atoms with Crippen LogP contribution in [0.15, 0.2) is 29.2 Å². The summed E-state index contributed by atoms with van der Waals surface area (Å²) in [5, 5.41) is 0.748. The van der Waals surface area contributed by atoms with Gasteiger partial charge in [-0.05, 0) is 25.0 Å². The standard InChI is InChI=1S/C14H22S/c1-4-5-6-10-13(3)15-14-11-8-7-9-12(14)2/h7-9,11,13H,4-6,10H2,1-3H3. The average Bonchev–Trinajstić information content (AvgIpc) is 2.22. The molecule has 0 bridgehead atoms. The fourth-order valence-corrected chi connectivity index (χ4v) is 2.78. The summed E-state index contributed by atoms with van der Waals surface area (Å²) in [6.07, 6.45) is 5.41. The van der Waals surface area contributed by atoms with Gasteiger partial charge in [-0.3, -0.25) is 0 Å². The van der Waals surface area contributed by atoms with Gasteiger partial charge in [0.15, 0.2) is 0 Å². The van der Waals surface area contributed by atoms with Crippen LogP contribution in [0.25, 0.3) is 0 Å². The molecule has 1 atom stereocenters. The van der Waals surface area contributed by atoms with Gasteiger partial charge in [0.1, 0.15) is 0 Å². The number of benzene rings is 1. The van der Waals surface area contributed by atoms with Gasteiger partial charge in [0.05, 0.1) is 0 Å². The van der Waals surface area contributed by atoms with Gasteiger partial charge in [0, 0.05) is 10.1 Å². The summed E-state index contributed by atoms with van der Waals surface area (Å²) >= 11 is 2.02. The first-order chi connectivity index (χ1) is 7.24. The smallest absolute Gasteiger partial charge is 0.0104 e.